The first kappa shape index (κ1) is 14.9. The minimum absolute atomic E-state index is 0.0221. The van der Waals surface area contributed by atoms with Crippen LogP contribution >= 0.6 is 0 Å². The fourth-order valence-corrected chi connectivity index (χ4v) is 2.42. The van der Waals surface area contributed by atoms with E-state index in [9.17, 15) is 4.79 Å². The lowest BCUT2D eigenvalue weighted by molar-refractivity contribution is 0.194. The number of nitrogens with one attached hydrogen (secondary N) is 2. The van der Waals surface area contributed by atoms with Crippen molar-refractivity contribution in [2.24, 2.45) is 5.92 Å². The number of carbonyl (C=O) groups is 1. The first-order chi connectivity index (χ1) is 9.60. The topological polar surface area (TPSA) is 44.4 Å². The first-order valence-electron chi connectivity index (χ1n) is 7.39. The molecule has 1 aromatic carbocycles. The Labute approximate surface area is 121 Å². The van der Waals surface area contributed by atoms with E-state index in [4.69, 9.17) is 0 Å². The van der Waals surface area contributed by atoms with Gasteiger partial charge in [0.15, 0.2) is 0 Å². The molecule has 0 radical (unpaired) electrons. The van der Waals surface area contributed by atoms with Crippen LogP contribution in [0, 0.1) is 5.92 Å². The Morgan fingerprint density at radius 1 is 1.45 bits per heavy atom. The minimum Gasteiger partial charge on any atom is -0.327 e. The maximum Gasteiger partial charge on any atom is 0.321 e. The van der Waals surface area contributed by atoms with Gasteiger partial charge in [-0.3, -0.25) is 0 Å². The molecular formula is C16H25N3O. The van der Waals surface area contributed by atoms with E-state index in [-0.39, 0.29) is 12.1 Å². The summed E-state index contributed by atoms with van der Waals surface area (Å²) < 4.78 is 0. The Balaban J connectivity index is 1.92. The van der Waals surface area contributed by atoms with Crippen molar-refractivity contribution in [3.8, 4) is 0 Å². The second-order valence-electron chi connectivity index (χ2n) is 5.74. The molecule has 0 saturated heterocycles. The molecule has 4 heteroatoms. The fraction of sp³-hybridized carbons (Fsp3) is 0.562. The van der Waals surface area contributed by atoms with Crippen LogP contribution in [-0.4, -0.2) is 31.6 Å². The van der Waals surface area contributed by atoms with Crippen LogP contribution in [0.2, 0.25) is 0 Å². The number of rotatable bonds is 5. The second kappa shape index (κ2) is 6.75. The highest BCUT2D eigenvalue weighted by Gasteiger charge is 2.21. The van der Waals surface area contributed by atoms with Crippen molar-refractivity contribution in [3.63, 3.8) is 0 Å². The highest BCUT2D eigenvalue weighted by Crippen LogP contribution is 2.27. The first-order valence-corrected chi connectivity index (χ1v) is 7.39. The summed E-state index contributed by atoms with van der Waals surface area (Å²) in [5.74, 6) is 0.696. The number of anilines is 1. The van der Waals surface area contributed by atoms with Crippen molar-refractivity contribution >= 4 is 11.7 Å². The molecule has 1 atom stereocenters. The Kier molecular flexibility index (Phi) is 5.01. The van der Waals surface area contributed by atoms with E-state index in [0.29, 0.717) is 5.92 Å². The average Bonchev–Trinajstić information content (AvgIpc) is 2.41. The maximum absolute atomic E-state index is 12.1. The van der Waals surface area contributed by atoms with E-state index in [1.165, 1.54) is 24.8 Å². The number of nitrogens with zero attached hydrogens (tertiary/aromatic N) is 1. The lowest BCUT2D eigenvalue weighted by Crippen LogP contribution is -2.37. The molecule has 0 aliphatic heterocycles. The van der Waals surface area contributed by atoms with E-state index in [1.54, 1.807) is 4.90 Å². The van der Waals surface area contributed by atoms with Crippen LogP contribution in [0.3, 0.4) is 0 Å². The van der Waals surface area contributed by atoms with Crippen molar-refractivity contribution in [2.45, 2.75) is 32.2 Å². The quantitative estimate of drug-likeness (QED) is 0.866. The summed E-state index contributed by atoms with van der Waals surface area (Å²) >= 11 is 0. The Morgan fingerprint density at radius 2 is 2.20 bits per heavy atom. The number of amides is 2. The summed E-state index contributed by atoms with van der Waals surface area (Å²) in [6.45, 7) is 2.96. The third-order valence-electron chi connectivity index (χ3n) is 4.17. The number of carbonyl (C=O) groups excluding carboxylic acids is 1. The Hall–Kier alpha value is -1.55. The maximum atomic E-state index is 12.1. The number of benzene rings is 1. The molecule has 1 fully saturated rings. The van der Waals surface area contributed by atoms with Gasteiger partial charge in [0.2, 0.25) is 0 Å². The zero-order chi connectivity index (χ0) is 14.5. The molecule has 0 aromatic heterocycles. The average molecular weight is 275 g/mol. The number of hydrogen-bond donors (Lipinski definition) is 2. The predicted molar refractivity (Wildman–Crippen MR) is 82.9 cm³/mol. The lowest BCUT2D eigenvalue weighted by Gasteiger charge is -2.30. The Bertz CT molecular complexity index is 457. The molecule has 1 unspecified atom stereocenters. The van der Waals surface area contributed by atoms with Crippen LogP contribution in [-0.2, 0) is 0 Å². The molecular weight excluding hydrogens is 250 g/mol. The van der Waals surface area contributed by atoms with Crippen molar-refractivity contribution in [1.82, 2.24) is 10.2 Å². The van der Waals surface area contributed by atoms with Crippen LogP contribution in [0.25, 0.3) is 0 Å². The summed E-state index contributed by atoms with van der Waals surface area (Å²) in [5, 5.41) is 6.18. The van der Waals surface area contributed by atoms with Crippen LogP contribution in [0.4, 0.5) is 10.5 Å². The summed E-state index contributed by atoms with van der Waals surface area (Å²) in [6.07, 6.45) is 3.82. The molecule has 0 heterocycles. The van der Waals surface area contributed by atoms with Crippen molar-refractivity contribution in [3.05, 3.63) is 29.8 Å². The molecule has 1 aliphatic carbocycles. The van der Waals surface area contributed by atoms with Crippen molar-refractivity contribution < 1.29 is 4.79 Å². The van der Waals surface area contributed by atoms with Crippen LogP contribution in [0.15, 0.2) is 24.3 Å². The third-order valence-corrected chi connectivity index (χ3v) is 4.17. The summed E-state index contributed by atoms with van der Waals surface area (Å²) in [5.41, 5.74) is 2.03. The SMILES string of the molecule is CNC(C)c1cccc(NC(=O)N(C)CC2CCC2)c1. The van der Waals surface area contributed by atoms with Crippen LogP contribution in [0.5, 0.6) is 0 Å². The van der Waals surface area contributed by atoms with Crippen molar-refractivity contribution in [2.75, 3.05) is 26.0 Å². The van der Waals surface area contributed by atoms with Gasteiger partial charge < -0.3 is 15.5 Å². The van der Waals surface area contributed by atoms with Gasteiger partial charge in [0.05, 0.1) is 0 Å². The molecule has 2 rings (SSSR count). The van der Waals surface area contributed by atoms with E-state index < -0.39 is 0 Å². The van der Waals surface area contributed by atoms with Crippen molar-refractivity contribution in [1.29, 1.82) is 0 Å². The predicted octanol–water partition coefficient (Wildman–Crippen LogP) is 3.23. The van der Waals surface area contributed by atoms with Gasteiger partial charge in [-0.2, -0.15) is 0 Å². The summed E-state index contributed by atoms with van der Waals surface area (Å²) in [4.78, 5) is 13.9. The zero-order valence-electron chi connectivity index (χ0n) is 12.6. The Morgan fingerprint density at radius 3 is 2.80 bits per heavy atom. The highest BCUT2D eigenvalue weighted by molar-refractivity contribution is 5.89. The van der Waals surface area contributed by atoms with Gasteiger partial charge in [0, 0.05) is 25.3 Å². The smallest absolute Gasteiger partial charge is 0.321 e. The summed E-state index contributed by atoms with van der Waals surface area (Å²) in [7, 11) is 3.80. The normalized spacial score (nSPS) is 16.4. The van der Waals surface area contributed by atoms with Crippen LogP contribution < -0.4 is 10.6 Å². The standard InChI is InChI=1S/C16H25N3O/c1-12(17-2)14-8-5-9-15(10-14)18-16(20)19(3)11-13-6-4-7-13/h5,8-10,12-13,17H,4,6-7,11H2,1-3H3,(H,18,20). The van der Waals surface area contributed by atoms with Gasteiger partial charge in [-0.05, 0) is 50.4 Å². The molecule has 0 bridgehead atoms. The third kappa shape index (κ3) is 3.73. The van der Waals surface area contributed by atoms with Gasteiger partial charge in [0.25, 0.3) is 0 Å². The number of urea groups is 1. The van der Waals surface area contributed by atoms with E-state index in [2.05, 4.69) is 23.6 Å². The van der Waals surface area contributed by atoms with Gasteiger partial charge in [-0.25, -0.2) is 4.79 Å². The summed E-state index contributed by atoms with van der Waals surface area (Å²) in [6, 6.07) is 8.25. The van der Waals surface area contributed by atoms with Gasteiger partial charge >= 0.3 is 6.03 Å². The largest absolute Gasteiger partial charge is 0.327 e. The fourth-order valence-electron chi connectivity index (χ4n) is 2.42. The van der Waals surface area contributed by atoms with Gasteiger partial charge in [-0.15, -0.1) is 0 Å². The minimum atomic E-state index is -0.0221. The van der Waals surface area contributed by atoms with Gasteiger partial charge in [0.1, 0.15) is 0 Å². The molecule has 4 nitrogen and oxygen atoms in total. The molecule has 1 aromatic rings. The second-order valence-corrected chi connectivity index (χ2v) is 5.74. The van der Waals surface area contributed by atoms with Crippen LogP contribution in [0.1, 0.15) is 37.8 Å². The molecule has 20 heavy (non-hydrogen) atoms. The van der Waals surface area contributed by atoms with E-state index in [1.807, 2.05) is 32.3 Å². The molecule has 1 aliphatic rings. The monoisotopic (exact) mass is 275 g/mol. The molecule has 0 spiro atoms. The van der Waals surface area contributed by atoms with E-state index >= 15 is 0 Å². The van der Waals surface area contributed by atoms with Gasteiger partial charge in [-0.1, -0.05) is 18.6 Å². The molecule has 2 amide bonds. The lowest BCUT2D eigenvalue weighted by atomic mass is 9.85. The van der Waals surface area contributed by atoms with E-state index in [0.717, 1.165) is 12.2 Å². The molecule has 1 saturated carbocycles. The number of hydrogen-bond acceptors (Lipinski definition) is 2. The molecule has 2 N–H and O–H groups in total. The molecule has 110 valence electrons. The highest BCUT2D eigenvalue weighted by atomic mass is 16.2. The zero-order valence-corrected chi connectivity index (χ0v) is 12.6.